The van der Waals surface area contributed by atoms with Crippen LogP contribution in [0.5, 0.6) is 5.75 Å². The topological polar surface area (TPSA) is 107 Å². The second-order valence-corrected chi connectivity index (χ2v) is 9.31. The molecule has 2 heterocycles. The molecule has 2 aliphatic carbocycles. The Morgan fingerprint density at radius 1 is 1.10 bits per heavy atom. The van der Waals surface area contributed by atoms with Crippen LogP contribution in [0.3, 0.4) is 0 Å². The first-order valence-corrected chi connectivity index (χ1v) is 11.3. The molecule has 4 aliphatic rings. The van der Waals surface area contributed by atoms with Crippen LogP contribution in [0.25, 0.3) is 0 Å². The molecule has 4 atom stereocenters. The van der Waals surface area contributed by atoms with Gasteiger partial charge in [-0.1, -0.05) is 31.4 Å². The third-order valence-electron chi connectivity index (χ3n) is 7.62. The van der Waals surface area contributed by atoms with Gasteiger partial charge in [-0.25, -0.2) is 0 Å². The molecule has 7 nitrogen and oxygen atoms in total. The number of fused-ring (bicyclic) bond motifs is 3. The van der Waals surface area contributed by atoms with E-state index in [0.717, 1.165) is 32.1 Å². The molecule has 1 saturated carbocycles. The third kappa shape index (κ3) is 3.41. The average molecular weight is 425 g/mol. The fourth-order valence-electron chi connectivity index (χ4n) is 6.22. The van der Waals surface area contributed by atoms with Crippen LogP contribution in [-0.4, -0.2) is 51.7 Å². The van der Waals surface area contributed by atoms with E-state index < -0.39 is 25.1 Å². The Kier molecular flexibility index (Phi) is 5.40. The second-order valence-electron chi connectivity index (χ2n) is 9.31. The quantitative estimate of drug-likeness (QED) is 0.506. The van der Waals surface area contributed by atoms with Crippen molar-refractivity contribution < 1.29 is 29.5 Å². The van der Waals surface area contributed by atoms with Crippen LogP contribution < -0.4 is 0 Å². The molecule has 31 heavy (non-hydrogen) atoms. The normalized spacial score (nSPS) is 31.8. The van der Waals surface area contributed by atoms with E-state index in [4.69, 9.17) is 4.65 Å². The molecule has 1 aromatic rings. The van der Waals surface area contributed by atoms with Gasteiger partial charge in [0.2, 0.25) is 11.8 Å². The Morgan fingerprint density at radius 3 is 2.58 bits per heavy atom. The van der Waals surface area contributed by atoms with E-state index in [-0.39, 0.29) is 42.6 Å². The van der Waals surface area contributed by atoms with Gasteiger partial charge in [-0.15, -0.1) is 0 Å². The fraction of sp³-hybridized carbons (Fsp3) is 0.565. The first kappa shape index (κ1) is 20.7. The number of aromatic hydroxyl groups is 1. The molecule has 0 bridgehead atoms. The van der Waals surface area contributed by atoms with Gasteiger partial charge in [0.25, 0.3) is 0 Å². The number of aliphatic hydroxyl groups excluding tert-OH is 1. The Bertz CT molecular complexity index is 926. The average Bonchev–Trinajstić information content (AvgIpc) is 3.03. The summed E-state index contributed by atoms with van der Waals surface area (Å²) in [6.45, 7) is -0.267. The standard InChI is InChI=1S/C23H28BNO6/c26-12-14-10-18-20(23(29)25(22(18)28)15-6-2-1-3-7-15)17-11-19(31-24(30)21(14)17)13-5-4-8-16(27)9-13/h4-5,8-9,15,17-20,26-27,30H,1-3,6-7,10-12H2/t17-,18-,19-,20+/m0/s1. The molecule has 8 heteroatoms. The van der Waals surface area contributed by atoms with E-state index in [2.05, 4.69) is 0 Å². The lowest BCUT2D eigenvalue weighted by Gasteiger charge is -2.42. The fourth-order valence-corrected chi connectivity index (χ4v) is 6.22. The number of amides is 2. The summed E-state index contributed by atoms with van der Waals surface area (Å²) in [5.74, 6) is -1.54. The number of imide groups is 1. The summed E-state index contributed by atoms with van der Waals surface area (Å²) in [7, 11) is -1.25. The molecule has 2 aliphatic heterocycles. The number of rotatable bonds is 3. The lowest BCUT2D eigenvalue weighted by Crippen LogP contribution is -2.45. The van der Waals surface area contributed by atoms with Crippen LogP contribution in [0.2, 0.25) is 0 Å². The highest BCUT2D eigenvalue weighted by molar-refractivity contribution is 6.53. The van der Waals surface area contributed by atoms with Crippen molar-refractivity contribution in [2.75, 3.05) is 6.61 Å². The number of hydrogen-bond donors (Lipinski definition) is 3. The molecule has 3 fully saturated rings. The summed E-state index contributed by atoms with van der Waals surface area (Å²) >= 11 is 0. The van der Waals surface area contributed by atoms with Gasteiger partial charge >= 0.3 is 7.12 Å². The molecule has 164 valence electrons. The number of nitrogens with zero attached hydrogens (tertiary/aromatic N) is 1. The zero-order valence-corrected chi connectivity index (χ0v) is 17.4. The number of benzene rings is 1. The maximum absolute atomic E-state index is 13.6. The zero-order valence-electron chi connectivity index (χ0n) is 17.4. The number of phenols is 1. The molecular formula is C23H28BNO6. The minimum atomic E-state index is -1.25. The van der Waals surface area contributed by atoms with Crippen LogP contribution >= 0.6 is 0 Å². The van der Waals surface area contributed by atoms with Crippen molar-refractivity contribution in [2.45, 2.75) is 57.1 Å². The van der Waals surface area contributed by atoms with Crippen LogP contribution in [-0.2, 0) is 14.2 Å². The predicted octanol–water partition coefficient (Wildman–Crippen LogP) is 2.12. The largest absolute Gasteiger partial charge is 0.508 e. The van der Waals surface area contributed by atoms with Crippen LogP contribution in [0, 0.1) is 17.8 Å². The number of hydrogen-bond acceptors (Lipinski definition) is 6. The maximum Gasteiger partial charge on any atom is 0.487 e. The van der Waals surface area contributed by atoms with E-state index in [1.165, 1.54) is 4.90 Å². The number of likely N-dealkylation sites (tertiary alicyclic amines) is 1. The molecule has 5 rings (SSSR count). The van der Waals surface area contributed by atoms with E-state index >= 15 is 0 Å². The summed E-state index contributed by atoms with van der Waals surface area (Å²) in [6, 6.07) is 6.65. The molecule has 3 N–H and O–H groups in total. The Hall–Kier alpha value is -2.16. The first-order chi connectivity index (χ1) is 15.0. The summed E-state index contributed by atoms with van der Waals surface area (Å²) in [6.07, 6.45) is 5.09. The van der Waals surface area contributed by atoms with Crippen LogP contribution in [0.1, 0.15) is 56.6 Å². The van der Waals surface area contributed by atoms with Crippen molar-refractivity contribution >= 4 is 18.9 Å². The van der Waals surface area contributed by atoms with Gasteiger partial charge in [-0.05, 0) is 60.3 Å². The van der Waals surface area contributed by atoms with Crippen molar-refractivity contribution in [1.29, 1.82) is 0 Å². The Balaban J connectivity index is 1.50. The summed E-state index contributed by atoms with van der Waals surface area (Å²) in [5, 5.41) is 30.7. The van der Waals surface area contributed by atoms with E-state index in [0.29, 0.717) is 23.0 Å². The smallest absolute Gasteiger partial charge is 0.487 e. The van der Waals surface area contributed by atoms with E-state index in [9.17, 15) is 24.8 Å². The molecule has 0 unspecified atom stereocenters. The zero-order chi connectivity index (χ0) is 21.7. The Morgan fingerprint density at radius 2 is 1.87 bits per heavy atom. The molecule has 0 spiro atoms. The van der Waals surface area contributed by atoms with Crippen molar-refractivity contribution in [3.8, 4) is 5.75 Å². The molecule has 2 saturated heterocycles. The summed E-state index contributed by atoms with van der Waals surface area (Å²) in [4.78, 5) is 28.4. The number of allylic oxidation sites excluding steroid dienone is 1. The molecule has 0 radical (unpaired) electrons. The SMILES string of the molecule is O=C1[C@H]2[C@H](CC(CO)=C3B(O)O[C@H](c4cccc(O)c4)C[C@H]32)C(=O)N1C1CCCCC1. The number of phenolic OH excluding ortho intramolecular Hbond substituents is 1. The monoisotopic (exact) mass is 425 g/mol. The highest BCUT2D eigenvalue weighted by Gasteiger charge is 2.58. The highest BCUT2D eigenvalue weighted by atomic mass is 16.5. The van der Waals surface area contributed by atoms with Gasteiger partial charge in [-0.3, -0.25) is 14.5 Å². The molecule has 1 aromatic carbocycles. The number of carbonyl (C=O) groups is 2. The van der Waals surface area contributed by atoms with Crippen molar-refractivity contribution in [3.63, 3.8) is 0 Å². The summed E-state index contributed by atoms with van der Waals surface area (Å²) in [5.41, 5.74) is 1.89. The second kappa shape index (κ2) is 8.08. The van der Waals surface area contributed by atoms with Crippen molar-refractivity contribution in [3.05, 3.63) is 40.9 Å². The predicted molar refractivity (Wildman–Crippen MR) is 112 cm³/mol. The lowest BCUT2D eigenvalue weighted by molar-refractivity contribution is -0.143. The van der Waals surface area contributed by atoms with E-state index in [1.807, 2.05) is 6.07 Å². The van der Waals surface area contributed by atoms with Gasteiger partial charge in [0, 0.05) is 6.04 Å². The lowest BCUT2D eigenvalue weighted by atomic mass is 9.55. The van der Waals surface area contributed by atoms with Gasteiger partial charge in [0.15, 0.2) is 0 Å². The van der Waals surface area contributed by atoms with Gasteiger partial charge < -0.3 is 19.9 Å². The maximum atomic E-state index is 13.6. The van der Waals surface area contributed by atoms with Gasteiger partial charge in [0.05, 0.1) is 24.5 Å². The third-order valence-corrected chi connectivity index (χ3v) is 7.62. The number of aliphatic hydroxyl groups is 1. The minimum Gasteiger partial charge on any atom is -0.508 e. The van der Waals surface area contributed by atoms with Gasteiger partial charge in [-0.2, -0.15) is 0 Å². The van der Waals surface area contributed by atoms with Crippen LogP contribution in [0.15, 0.2) is 35.3 Å². The number of carbonyl (C=O) groups excluding carboxylic acids is 2. The van der Waals surface area contributed by atoms with Gasteiger partial charge in [0.1, 0.15) is 5.75 Å². The molecule has 2 amide bonds. The molecular weight excluding hydrogens is 397 g/mol. The first-order valence-electron chi connectivity index (χ1n) is 11.3. The molecule has 0 aromatic heterocycles. The van der Waals surface area contributed by atoms with E-state index in [1.54, 1.807) is 18.2 Å². The summed E-state index contributed by atoms with van der Waals surface area (Å²) < 4.78 is 5.85. The van der Waals surface area contributed by atoms with Crippen molar-refractivity contribution in [2.24, 2.45) is 17.8 Å². The Labute approximate surface area is 181 Å². The van der Waals surface area contributed by atoms with Crippen molar-refractivity contribution in [1.82, 2.24) is 4.90 Å². The minimum absolute atomic E-state index is 0.0352. The van der Waals surface area contributed by atoms with Crippen LogP contribution in [0.4, 0.5) is 0 Å². The highest BCUT2D eigenvalue weighted by Crippen LogP contribution is 2.52.